The number of methoxy groups -OCH3 is 1. The summed E-state index contributed by atoms with van der Waals surface area (Å²) >= 11 is 0. The van der Waals surface area contributed by atoms with Crippen molar-refractivity contribution in [2.45, 2.75) is 25.9 Å². The minimum absolute atomic E-state index is 0.0247. The van der Waals surface area contributed by atoms with E-state index in [-0.39, 0.29) is 23.3 Å². The molecular weight excluding hydrogens is 282 g/mol. The van der Waals surface area contributed by atoms with Crippen LogP contribution >= 0.6 is 0 Å². The van der Waals surface area contributed by atoms with Crippen LogP contribution in [0, 0.1) is 0 Å². The molecule has 2 heterocycles. The maximum absolute atomic E-state index is 11.5. The minimum Gasteiger partial charge on any atom is -0.463 e. The molecule has 0 aliphatic carbocycles. The Hall–Kier alpha value is -1.34. The van der Waals surface area contributed by atoms with Crippen molar-refractivity contribution >= 4 is 15.8 Å². The fraction of sp³-hybridized carbons (Fsp3) is 0.615. The van der Waals surface area contributed by atoms with E-state index in [1.54, 1.807) is 12.1 Å². The second-order valence-corrected chi connectivity index (χ2v) is 7.11. The molecule has 0 saturated carbocycles. The van der Waals surface area contributed by atoms with Gasteiger partial charge in [0.15, 0.2) is 9.84 Å². The van der Waals surface area contributed by atoms with Crippen molar-refractivity contribution in [2.75, 3.05) is 25.2 Å². The summed E-state index contributed by atoms with van der Waals surface area (Å²) in [4.78, 5) is 13.4. The van der Waals surface area contributed by atoms with Crippen LogP contribution in [-0.2, 0) is 21.1 Å². The molecule has 1 aromatic rings. The smallest absolute Gasteiger partial charge is 0.373 e. The van der Waals surface area contributed by atoms with Gasteiger partial charge in [-0.3, -0.25) is 4.90 Å². The lowest BCUT2D eigenvalue weighted by molar-refractivity contribution is 0.0560. The Labute approximate surface area is 118 Å². The highest BCUT2D eigenvalue weighted by Crippen LogP contribution is 2.20. The van der Waals surface area contributed by atoms with Crippen LogP contribution in [0.3, 0.4) is 0 Å². The predicted octanol–water partition coefficient (Wildman–Crippen LogP) is 1.08. The zero-order valence-corrected chi connectivity index (χ0v) is 12.5. The molecule has 1 saturated heterocycles. The predicted molar refractivity (Wildman–Crippen MR) is 73.2 cm³/mol. The van der Waals surface area contributed by atoms with E-state index in [4.69, 9.17) is 4.42 Å². The highest BCUT2D eigenvalue weighted by atomic mass is 32.2. The van der Waals surface area contributed by atoms with Crippen molar-refractivity contribution in [1.82, 2.24) is 4.90 Å². The van der Waals surface area contributed by atoms with Gasteiger partial charge in [-0.2, -0.15) is 0 Å². The second kappa shape index (κ2) is 5.97. The monoisotopic (exact) mass is 301 g/mol. The number of rotatable bonds is 5. The molecule has 0 spiro atoms. The third-order valence-electron chi connectivity index (χ3n) is 3.54. The lowest BCUT2D eigenvalue weighted by Gasteiger charge is -2.25. The molecular formula is C13H19NO5S. The summed E-state index contributed by atoms with van der Waals surface area (Å²) in [5, 5.41) is 0. The van der Waals surface area contributed by atoms with Crippen molar-refractivity contribution in [3.63, 3.8) is 0 Å². The molecule has 20 heavy (non-hydrogen) atoms. The summed E-state index contributed by atoms with van der Waals surface area (Å²) in [6.45, 7) is 3.21. The van der Waals surface area contributed by atoms with Gasteiger partial charge in [-0.05, 0) is 25.1 Å². The lowest BCUT2D eigenvalue weighted by atomic mass is 10.2. The standard InChI is InChI=1S/C13H19NO5S/c1-3-14(10-6-7-20(16,17)9-10)8-11-4-5-12(19-11)13(15)18-2/h4-5,10H,3,6-9H2,1-2H3. The molecule has 0 amide bonds. The number of hydrogen-bond donors (Lipinski definition) is 0. The molecule has 1 fully saturated rings. The van der Waals surface area contributed by atoms with E-state index >= 15 is 0 Å². The van der Waals surface area contributed by atoms with Gasteiger partial charge < -0.3 is 9.15 Å². The number of nitrogens with zero attached hydrogens (tertiary/aromatic N) is 1. The molecule has 2 rings (SSSR count). The zero-order valence-electron chi connectivity index (χ0n) is 11.7. The van der Waals surface area contributed by atoms with E-state index in [9.17, 15) is 13.2 Å². The average molecular weight is 301 g/mol. The quantitative estimate of drug-likeness (QED) is 0.757. The number of furan rings is 1. The molecule has 6 nitrogen and oxygen atoms in total. The van der Waals surface area contributed by atoms with Gasteiger partial charge in [0.1, 0.15) is 5.76 Å². The molecule has 1 aliphatic heterocycles. The molecule has 112 valence electrons. The van der Waals surface area contributed by atoms with Crippen molar-refractivity contribution in [3.8, 4) is 0 Å². The Morgan fingerprint density at radius 1 is 1.50 bits per heavy atom. The van der Waals surface area contributed by atoms with Gasteiger partial charge in [0.25, 0.3) is 0 Å². The lowest BCUT2D eigenvalue weighted by Crippen LogP contribution is -2.35. The van der Waals surface area contributed by atoms with Crippen molar-refractivity contribution in [3.05, 3.63) is 23.7 Å². The van der Waals surface area contributed by atoms with Crippen molar-refractivity contribution < 1.29 is 22.4 Å². The Morgan fingerprint density at radius 3 is 2.80 bits per heavy atom. The fourth-order valence-corrected chi connectivity index (χ4v) is 4.20. The summed E-state index contributed by atoms with van der Waals surface area (Å²) in [7, 11) is -1.60. The number of carbonyl (C=O) groups excluding carboxylic acids is 1. The van der Waals surface area contributed by atoms with Crippen molar-refractivity contribution in [1.29, 1.82) is 0 Å². The first-order chi connectivity index (χ1) is 9.45. The Bertz CT molecular complexity index is 577. The maximum Gasteiger partial charge on any atom is 0.373 e. The van der Waals surface area contributed by atoms with Crippen molar-refractivity contribution in [2.24, 2.45) is 0 Å². The van der Waals surface area contributed by atoms with Gasteiger partial charge in [-0.25, -0.2) is 13.2 Å². The van der Waals surface area contributed by atoms with Crippen LogP contribution in [0.2, 0.25) is 0 Å². The molecule has 7 heteroatoms. The summed E-state index contributed by atoms with van der Waals surface area (Å²) in [5.41, 5.74) is 0. The molecule has 0 radical (unpaired) electrons. The molecule has 1 aliphatic rings. The third kappa shape index (κ3) is 3.40. The van der Waals surface area contributed by atoms with Gasteiger partial charge in [-0.1, -0.05) is 6.92 Å². The average Bonchev–Trinajstić information content (AvgIpc) is 3.01. The third-order valence-corrected chi connectivity index (χ3v) is 5.29. The molecule has 0 aromatic carbocycles. The van der Waals surface area contributed by atoms with Gasteiger partial charge >= 0.3 is 5.97 Å². The van der Waals surface area contributed by atoms with Crippen LogP contribution in [0.25, 0.3) is 0 Å². The molecule has 0 bridgehead atoms. The minimum atomic E-state index is -2.90. The number of hydrogen-bond acceptors (Lipinski definition) is 6. The largest absolute Gasteiger partial charge is 0.463 e. The van der Waals surface area contributed by atoms with Crippen LogP contribution in [0.5, 0.6) is 0 Å². The number of ether oxygens (including phenoxy) is 1. The summed E-state index contributed by atoms with van der Waals surface area (Å²) < 4.78 is 33.1. The van der Waals surface area contributed by atoms with Crippen LogP contribution in [0.15, 0.2) is 16.5 Å². The number of carbonyl (C=O) groups is 1. The van der Waals surface area contributed by atoms with Gasteiger partial charge in [0.2, 0.25) is 5.76 Å². The molecule has 0 N–H and O–H groups in total. The van der Waals surface area contributed by atoms with Crippen LogP contribution in [0.4, 0.5) is 0 Å². The van der Waals surface area contributed by atoms with Gasteiger partial charge in [0.05, 0.1) is 25.2 Å². The zero-order chi connectivity index (χ0) is 14.8. The number of sulfone groups is 1. The van der Waals surface area contributed by atoms with Gasteiger partial charge in [0, 0.05) is 6.04 Å². The Morgan fingerprint density at radius 2 is 2.25 bits per heavy atom. The van der Waals surface area contributed by atoms with E-state index in [0.29, 0.717) is 18.7 Å². The van der Waals surface area contributed by atoms with E-state index < -0.39 is 15.8 Å². The highest BCUT2D eigenvalue weighted by Gasteiger charge is 2.32. The second-order valence-electron chi connectivity index (χ2n) is 4.88. The summed E-state index contributed by atoms with van der Waals surface area (Å²) in [6.07, 6.45) is 0.654. The van der Waals surface area contributed by atoms with Gasteiger partial charge in [-0.15, -0.1) is 0 Å². The van der Waals surface area contributed by atoms with Crippen LogP contribution in [0.1, 0.15) is 29.7 Å². The number of esters is 1. The summed E-state index contributed by atoms with van der Waals surface area (Å²) in [6, 6.07) is 3.32. The van der Waals surface area contributed by atoms with E-state index in [1.165, 1.54) is 7.11 Å². The van der Waals surface area contributed by atoms with E-state index in [2.05, 4.69) is 9.64 Å². The van der Waals surface area contributed by atoms with Crippen LogP contribution < -0.4 is 0 Å². The van der Waals surface area contributed by atoms with E-state index in [0.717, 1.165) is 6.54 Å². The Balaban J connectivity index is 2.03. The Kier molecular flexibility index (Phi) is 4.49. The topological polar surface area (TPSA) is 76.8 Å². The maximum atomic E-state index is 11.5. The van der Waals surface area contributed by atoms with E-state index in [1.807, 2.05) is 6.92 Å². The fourth-order valence-electron chi connectivity index (χ4n) is 2.44. The molecule has 1 unspecified atom stereocenters. The highest BCUT2D eigenvalue weighted by molar-refractivity contribution is 7.91. The summed E-state index contributed by atoms with van der Waals surface area (Å²) in [5.74, 6) is 0.738. The SMILES string of the molecule is CCN(Cc1ccc(C(=O)OC)o1)C1CCS(=O)(=O)C1. The molecule has 1 aromatic heterocycles. The van der Waals surface area contributed by atoms with Crippen LogP contribution in [-0.4, -0.2) is 50.5 Å². The first-order valence-electron chi connectivity index (χ1n) is 6.56. The normalized spacial score (nSPS) is 21.2. The molecule has 1 atom stereocenters. The first-order valence-corrected chi connectivity index (χ1v) is 8.39. The first kappa shape index (κ1) is 15.1.